The lowest BCUT2D eigenvalue weighted by Gasteiger charge is -2.13. The van der Waals surface area contributed by atoms with Crippen LogP contribution in [0.2, 0.25) is 0 Å². The van der Waals surface area contributed by atoms with Gasteiger partial charge in [0, 0.05) is 33.4 Å². The number of rotatable bonds is 8. The normalized spacial score (nSPS) is 13.8. The number of nitrogens with zero attached hydrogens (tertiary/aromatic N) is 1. The highest BCUT2D eigenvalue weighted by Gasteiger charge is 2.28. The number of esters is 1. The van der Waals surface area contributed by atoms with E-state index in [1.165, 1.54) is 40.1 Å². The number of ether oxygens (including phenoxy) is 1. The van der Waals surface area contributed by atoms with Crippen LogP contribution in [0.15, 0.2) is 59.6 Å². The van der Waals surface area contributed by atoms with E-state index in [-0.39, 0.29) is 22.9 Å². The molecule has 0 saturated heterocycles. The van der Waals surface area contributed by atoms with Crippen LogP contribution in [-0.4, -0.2) is 28.3 Å². The van der Waals surface area contributed by atoms with Crippen LogP contribution in [0, 0.1) is 5.82 Å². The number of nitrogens with one attached hydrogen (secondary N) is 1. The minimum absolute atomic E-state index is 0.149. The molecule has 1 atom stereocenters. The number of carbonyl (C=O) groups excluding carboxylic acids is 2. The first-order chi connectivity index (χ1) is 17.9. The van der Waals surface area contributed by atoms with Crippen molar-refractivity contribution < 1.29 is 18.7 Å². The number of halogens is 1. The maximum absolute atomic E-state index is 13.4. The number of hydrogen-bond acceptors (Lipinski definition) is 5. The quantitative estimate of drug-likeness (QED) is 0.193. The van der Waals surface area contributed by atoms with Crippen LogP contribution in [0.5, 0.6) is 0 Å². The van der Waals surface area contributed by atoms with Crippen molar-refractivity contribution in [2.24, 2.45) is 0 Å². The molecule has 8 heteroatoms. The van der Waals surface area contributed by atoms with Gasteiger partial charge in [-0.2, -0.15) is 0 Å². The van der Waals surface area contributed by atoms with Gasteiger partial charge in [0.05, 0.1) is 17.4 Å². The van der Waals surface area contributed by atoms with E-state index in [4.69, 9.17) is 4.74 Å². The van der Waals surface area contributed by atoms with E-state index < -0.39 is 0 Å². The van der Waals surface area contributed by atoms with Crippen LogP contribution in [-0.2, 0) is 28.9 Å². The third-order valence-electron chi connectivity index (χ3n) is 6.58. The maximum atomic E-state index is 13.4. The Morgan fingerprint density at radius 3 is 2.68 bits per heavy atom. The number of aryl methyl sites for hydroxylation is 1. The lowest BCUT2D eigenvalue weighted by molar-refractivity contribution is -0.115. The Hall–Kier alpha value is -3.10. The summed E-state index contributed by atoms with van der Waals surface area (Å²) in [6.45, 7) is 4.57. The van der Waals surface area contributed by atoms with Gasteiger partial charge in [0.15, 0.2) is 0 Å². The molecule has 1 N–H and O–H groups in total. The van der Waals surface area contributed by atoms with E-state index >= 15 is 0 Å². The predicted octanol–water partition coefficient (Wildman–Crippen LogP) is 7.07. The number of amides is 1. The number of fused-ring (bicyclic) bond motifs is 2. The molecule has 1 aliphatic carbocycles. The van der Waals surface area contributed by atoms with Gasteiger partial charge in [-0.3, -0.25) is 4.79 Å². The van der Waals surface area contributed by atoms with E-state index in [0.29, 0.717) is 23.7 Å². The molecule has 192 valence electrons. The average molecular weight is 537 g/mol. The van der Waals surface area contributed by atoms with Crippen molar-refractivity contribution in [1.29, 1.82) is 0 Å². The molecular formula is C29H29FN2O3S2. The van der Waals surface area contributed by atoms with Gasteiger partial charge in [-0.1, -0.05) is 30.3 Å². The van der Waals surface area contributed by atoms with Crippen LogP contribution >= 0.6 is 23.1 Å². The van der Waals surface area contributed by atoms with E-state index in [9.17, 15) is 14.0 Å². The zero-order chi connectivity index (χ0) is 25.9. The summed E-state index contributed by atoms with van der Waals surface area (Å²) in [5.74, 6) is -0.763. The first-order valence-electron chi connectivity index (χ1n) is 12.6. The molecule has 4 aromatic rings. The van der Waals surface area contributed by atoms with Crippen molar-refractivity contribution in [3.8, 4) is 0 Å². The number of thiophene rings is 1. The summed E-state index contributed by atoms with van der Waals surface area (Å²) in [6.07, 6.45) is 5.96. The molecule has 1 aliphatic rings. The lowest BCUT2D eigenvalue weighted by Crippen LogP contribution is -2.23. The number of para-hydroxylation sites is 1. The van der Waals surface area contributed by atoms with Gasteiger partial charge in [0.1, 0.15) is 10.8 Å². The monoisotopic (exact) mass is 536 g/mol. The van der Waals surface area contributed by atoms with Crippen molar-refractivity contribution in [2.75, 3.05) is 11.9 Å². The van der Waals surface area contributed by atoms with Gasteiger partial charge >= 0.3 is 5.97 Å². The second-order valence-electron chi connectivity index (χ2n) is 9.15. The number of aromatic nitrogens is 1. The summed E-state index contributed by atoms with van der Waals surface area (Å²) in [5, 5.41) is 4.31. The van der Waals surface area contributed by atoms with Crippen LogP contribution in [0.1, 0.15) is 53.1 Å². The summed E-state index contributed by atoms with van der Waals surface area (Å²) >= 11 is 2.99. The molecule has 1 amide bonds. The molecule has 5 nitrogen and oxygen atoms in total. The average Bonchev–Trinajstić information content (AvgIpc) is 3.43. The smallest absolute Gasteiger partial charge is 0.341 e. The largest absolute Gasteiger partial charge is 0.462 e. The maximum Gasteiger partial charge on any atom is 0.341 e. The fraction of sp³-hybridized carbons (Fsp3) is 0.310. The number of thioether (sulfide) groups is 1. The SMILES string of the molecule is CCOC(=O)c1c(NC(=O)[C@H](C)Sc2cn(Cc3ccc(F)cc3)c3ccccc23)sc2c1CCCC2. The number of anilines is 1. The molecule has 37 heavy (non-hydrogen) atoms. The predicted molar refractivity (Wildman–Crippen MR) is 148 cm³/mol. The van der Waals surface area contributed by atoms with Gasteiger partial charge in [0.25, 0.3) is 0 Å². The van der Waals surface area contributed by atoms with Crippen molar-refractivity contribution in [3.63, 3.8) is 0 Å². The third-order valence-corrected chi connectivity index (χ3v) is 8.93. The van der Waals surface area contributed by atoms with Gasteiger partial charge in [-0.25, -0.2) is 9.18 Å². The first kappa shape index (κ1) is 25.5. The summed E-state index contributed by atoms with van der Waals surface area (Å²) in [4.78, 5) is 28.2. The van der Waals surface area contributed by atoms with E-state index in [1.54, 1.807) is 19.1 Å². The van der Waals surface area contributed by atoms with Crippen molar-refractivity contribution in [3.05, 3.63) is 82.1 Å². The second kappa shape index (κ2) is 11.1. The van der Waals surface area contributed by atoms with Crippen molar-refractivity contribution >= 4 is 50.9 Å². The number of carbonyl (C=O) groups is 2. The number of benzene rings is 2. The molecule has 0 radical (unpaired) electrons. The molecule has 2 aromatic carbocycles. The number of hydrogen-bond donors (Lipinski definition) is 1. The zero-order valence-electron chi connectivity index (χ0n) is 20.9. The summed E-state index contributed by atoms with van der Waals surface area (Å²) < 4.78 is 20.8. The Morgan fingerprint density at radius 2 is 1.89 bits per heavy atom. The standard InChI is InChI=1S/C29H29FN2O3S2/c1-3-35-29(34)26-22-9-5-7-11-24(22)37-28(26)31-27(33)18(2)36-25-17-32(23-10-6-4-8-21(23)25)16-19-12-14-20(30)15-13-19/h4,6,8,10,12-15,17-18H,3,5,7,9,11,16H2,1-2H3,(H,31,33)/t18-/m0/s1. The highest BCUT2D eigenvalue weighted by Crippen LogP contribution is 2.39. The van der Waals surface area contributed by atoms with E-state index in [2.05, 4.69) is 28.2 Å². The molecule has 0 unspecified atom stereocenters. The van der Waals surface area contributed by atoms with Gasteiger partial charge in [-0.15, -0.1) is 23.1 Å². The fourth-order valence-corrected chi connectivity index (χ4v) is 7.07. The van der Waals surface area contributed by atoms with Crippen LogP contribution in [0.25, 0.3) is 10.9 Å². The molecule has 0 fully saturated rings. The van der Waals surface area contributed by atoms with E-state index in [0.717, 1.165) is 52.6 Å². The van der Waals surface area contributed by atoms with Crippen molar-refractivity contribution in [1.82, 2.24) is 4.57 Å². The van der Waals surface area contributed by atoms with Gasteiger partial charge in [0.2, 0.25) is 5.91 Å². The Labute approximate surface area is 224 Å². The minimum Gasteiger partial charge on any atom is -0.462 e. The molecule has 0 aliphatic heterocycles. The topological polar surface area (TPSA) is 60.3 Å². The fourth-order valence-electron chi connectivity index (χ4n) is 4.75. The summed E-state index contributed by atoms with van der Waals surface area (Å²) in [7, 11) is 0. The van der Waals surface area contributed by atoms with Crippen LogP contribution in [0.4, 0.5) is 9.39 Å². The van der Waals surface area contributed by atoms with Gasteiger partial charge < -0.3 is 14.6 Å². The highest BCUT2D eigenvalue weighted by molar-refractivity contribution is 8.00. The van der Waals surface area contributed by atoms with E-state index in [1.807, 2.05) is 19.1 Å². The van der Waals surface area contributed by atoms with Crippen LogP contribution in [0.3, 0.4) is 0 Å². The minimum atomic E-state index is -0.390. The highest BCUT2D eigenvalue weighted by atomic mass is 32.2. The summed E-state index contributed by atoms with van der Waals surface area (Å²) in [5.41, 5.74) is 3.62. The zero-order valence-corrected chi connectivity index (χ0v) is 22.5. The molecule has 2 heterocycles. The molecular weight excluding hydrogens is 507 g/mol. The van der Waals surface area contributed by atoms with Crippen molar-refractivity contribution in [2.45, 2.75) is 56.2 Å². The van der Waals surface area contributed by atoms with Crippen LogP contribution < -0.4 is 5.32 Å². The Morgan fingerprint density at radius 1 is 1.14 bits per heavy atom. The summed E-state index contributed by atoms with van der Waals surface area (Å²) in [6, 6.07) is 14.6. The second-order valence-corrected chi connectivity index (χ2v) is 11.6. The Kier molecular flexibility index (Phi) is 7.67. The Balaban J connectivity index is 1.37. The molecule has 5 rings (SSSR count). The third kappa shape index (κ3) is 5.45. The Bertz CT molecular complexity index is 1440. The first-order valence-corrected chi connectivity index (χ1v) is 14.3. The molecule has 0 saturated carbocycles. The lowest BCUT2D eigenvalue weighted by atomic mass is 9.95. The molecule has 0 bridgehead atoms. The molecule has 2 aromatic heterocycles. The van der Waals surface area contributed by atoms with Gasteiger partial charge in [-0.05, 0) is 68.9 Å². The molecule has 0 spiro atoms.